The molecule has 1 aliphatic rings. The molecule has 1 rings (SSSR count). The Bertz CT molecular complexity index is 968. The van der Waals surface area contributed by atoms with Crippen molar-refractivity contribution in [1.82, 2.24) is 0 Å². The van der Waals surface area contributed by atoms with Crippen molar-refractivity contribution < 1.29 is 44.2 Å². The quantitative estimate of drug-likeness (QED) is 0.0271. The summed E-state index contributed by atoms with van der Waals surface area (Å²) >= 11 is 0. The Morgan fingerprint density at radius 3 is 1.56 bits per heavy atom. The maximum atomic E-state index is 12.8. The van der Waals surface area contributed by atoms with Gasteiger partial charge in [0, 0.05) is 13.0 Å². The summed E-state index contributed by atoms with van der Waals surface area (Å²) in [5.41, 5.74) is 0. The molecule has 1 saturated heterocycles. The molecule has 0 spiro atoms. The lowest BCUT2D eigenvalue weighted by atomic mass is 9.99. The van der Waals surface area contributed by atoms with E-state index in [2.05, 4.69) is 50.3 Å². The molecule has 1 heterocycles. The van der Waals surface area contributed by atoms with Crippen LogP contribution >= 0.6 is 0 Å². The molecule has 6 unspecified atom stereocenters. The molecular weight excluding hydrogens is 721 g/mol. The second kappa shape index (κ2) is 39.8. The van der Waals surface area contributed by atoms with Gasteiger partial charge in [-0.2, -0.15) is 0 Å². The van der Waals surface area contributed by atoms with E-state index in [4.69, 9.17) is 18.9 Å². The molecule has 1 aliphatic heterocycles. The molecule has 0 aromatic carbocycles. The number of hydrogen-bond donors (Lipinski definition) is 4. The first-order valence-corrected chi connectivity index (χ1v) is 23.6. The Hall–Kier alpha value is -1.59. The van der Waals surface area contributed by atoms with Gasteiger partial charge in [-0.3, -0.25) is 4.79 Å². The van der Waals surface area contributed by atoms with Crippen LogP contribution in [0.2, 0.25) is 0 Å². The van der Waals surface area contributed by atoms with Crippen LogP contribution in [0.3, 0.4) is 0 Å². The molecule has 1 fully saturated rings. The molecule has 4 N–H and O–H groups in total. The third-order valence-corrected chi connectivity index (χ3v) is 10.8. The van der Waals surface area contributed by atoms with Crippen LogP contribution in [0.1, 0.15) is 200 Å². The number of ether oxygens (including phenoxy) is 4. The smallest absolute Gasteiger partial charge is 0.306 e. The predicted octanol–water partition coefficient (Wildman–Crippen LogP) is 10.8. The fraction of sp³-hybridized carbons (Fsp3) is 0.854. The first-order chi connectivity index (χ1) is 27.9. The number of allylic oxidation sites excluding steroid dienone is 6. The standard InChI is InChI=1S/C48H88O9/c1-3-5-7-9-11-13-15-17-18-19-20-21-22-23-24-25-27-29-31-33-35-37-44(50)56-42(41-55-48-47(53)46(52)45(51)43(39-49)57-48)40-54-38-36-34-32-30-28-26-16-14-12-10-8-6-4-2/h12,14-15,17,19-20,42-43,45-49,51-53H,3-11,13,16,18,21-41H2,1-2H3/b14-12-,17-15-,20-19-. The Morgan fingerprint density at radius 1 is 0.561 bits per heavy atom. The number of rotatable bonds is 40. The van der Waals surface area contributed by atoms with Crippen molar-refractivity contribution in [2.45, 2.75) is 237 Å². The normalized spacial score (nSPS) is 20.7. The monoisotopic (exact) mass is 809 g/mol. The SMILES string of the molecule is CCCCC/C=C\CCCCCCCCOCC(COC1OC(CO)C(O)C(O)C1O)OC(=O)CCCCCCCCCCC/C=C\C/C=C\CCCCCCC. The largest absolute Gasteiger partial charge is 0.457 e. The average Bonchev–Trinajstić information content (AvgIpc) is 3.21. The summed E-state index contributed by atoms with van der Waals surface area (Å²) in [4.78, 5) is 12.8. The molecule has 9 nitrogen and oxygen atoms in total. The highest BCUT2D eigenvalue weighted by Crippen LogP contribution is 2.22. The molecule has 0 radical (unpaired) electrons. The third kappa shape index (κ3) is 31.0. The fourth-order valence-electron chi connectivity index (χ4n) is 7.05. The van der Waals surface area contributed by atoms with Gasteiger partial charge < -0.3 is 39.4 Å². The minimum Gasteiger partial charge on any atom is -0.457 e. The minimum absolute atomic E-state index is 0.117. The Kier molecular flexibility index (Phi) is 37.4. The summed E-state index contributed by atoms with van der Waals surface area (Å²) in [6.07, 6.45) is 40.2. The van der Waals surface area contributed by atoms with Crippen LogP contribution in [-0.2, 0) is 23.7 Å². The maximum absolute atomic E-state index is 12.8. The second-order valence-electron chi connectivity index (χ2n) is 16.2. The van der Waals surface area contributed by atoms with Crippen LogP contribution in [0.4, 0.5) is 0 Å². The zero-order valence-corrected chi connectivity index (χ0v) is 36.6. The van der Waals surface area contributed by atoms with Crippen molar-refractivity contribution in [2.75, 3.05) is 26.4 Å². The molecule has 0 bridgehead atoms. The second-order valence-corrected chi connectivity index (χ2v) is 16.2. The zero-order valence-electron chi connectivity index (χ0n) is 36.6. The average molecular weight is 809 g/mol. The van der Waals surface area contributed by atoms with E-state index < -0.39 is 43.4 Å². The summed E-state index contributed by atoms with van der Waals surface area (Å²) in [5.74, 6) is -0.320. The van der Waals surface area contributed by atoms with Crippen molar-refractivity contribution >= 4 is 5.97 Å². The summed E-state index contributed by atoms with van der Waals surface area (Å²) in [6, 6.07) is 0. The number of carbonyl (C=O) groups is 1. The molecule has 334 valence electrons. The molecule has 0 aromatic rings. The Morgan fingerprint density at radius 2 is 1.02 bits per heavy atom. The summed E-state index contributed by atoms with van der Waals surface area (Å²) < 4.78 is 22.8. The van der Waals surface area contributed by atoms with Crippen LogP contribution < -0.4 is 0 Å². The number of hydrogen-bond acceptors (Lipinski definition) is 9. The highest BCUT2D eigenvalue weighted by Gasteiger charge is 2.44. The van der Waals surface area contributed by atoms with Gasteiger partial charge in [0.25, 0.3) is 0 Å². The third-order valence-electron chi connectivity index (χ3n) is 10.8. The van der Waals surface area contributed by atoms with E-state index in [1.54, 1.807) is 0 Å². The van der Waals surface area contributed by atoms with Crippen LogP contribution in [-0.4, -0.2) is 89.6 Å². The zero-order chi connectivity index (χ0) is 41.4. The Balaban J connectivity index is 2.23. The lowest BCUT2D eigenvalue weighted by molar-refractivity contribution is -0.305. The highest BCUT2D eigenvalue weighted by atomic mass is 16.7. The van der Waals surface area contributed by atoms with E-state index in [1.165, 1.54) is 128 Å². The van der Waals surface area contributed by atoms with E-state index in [9.17, 15) is 25.2 Å². The highest BCUT2D eigenvalue weighted by molar-refractivity contribution is 5.69. The van der Waals surface area contributed by atoms with Gasteiger partial charge in [-0.15, -0.1) is 0 Å². The Labute approximate surface area is 349 Å². The van der Waals surface area contributed by atoms with Gasteiger partial charge in [0.2, 0.25) is 0 Å². The fourth-order valence-corrected chi connectivity index (χ4v) is 7.05. The molecular formula is C48H88O9. The predicted molar refractivity (Wildman–Crippen MR) is 233 cm³/mol. The van der Waals surface area contributed by atoms with Gasteiger partial charge in [0.05, 0.1) is 19.8 Å². The summed E-state index contributed by atoms with van der Waals surface area (Å²) in [6.45, 7) is 4.52. The first-order valence-electron chi connectivity index (χ1n) is 23.6. The van der Waals surface area contributed by atoms with E-state index >= 15 is 0 Å². The molecule has 6 atom stereocenters. The van der Waals surface area contributed by atoms with Crippen LogP contribution in [0, 0.1) is 0 Å². The summed E-state index contributed by atoms with van der Waals surface area (Å²) in [7, 11) is 0. The molecule has 57 heavy (non-hydrogen) atoms. The number of aliphatic hydroxyl groups excluding tert-OH is 4. The molecule has 0 amide bonds. The number of esters is 1. The van der Waals surface area contributed by atoms with Gasteiger partial charge in [-0.05, 0) is 70.6 Å². The van der Waals surface area contributed by atoms with Crippen molar-refractivity contribution in [3.63, 3.8) is 0 Å². The topological polar surface area (TPSA) is 135 Å². The van der Waals surface area contributed by atoms with Crippen LogP contribution in [0.15, 0.2) is 36.5 Å². The number of aliphatic hydroxyl groups is 4. The van der Waals surface area contributed by atoms with Crippen molar-refractivity contribution in [3.05, 3.63) is 36.5 Å². The lowest BCUT2D eigenvalue weighted by Gasteiger charge is -2.39. The maximum Gasteiger partial charge on any atom is 0.306 e. The van der Waals surface area contributed by atoms with Gasteiger partial charge >= 0.3 is 5.97 Å². The van der Waals surface area contributed by atoms with Gasteiger partial charge in [0.1, 0.15) is 30.5 Å². The van der Waals surface area contributed by atoms with Crippen molar-refractivity contribution in [1.29, 1.82) is 0 Å². The van der Waals surface area contributed by atoms with E-state index in [1.807, 2.05) is 0 Å². The van der Waals surface area contributed by atoms with Crippen molar-refractivity contribution in [3.8, 4) is 0 Å². The number of carbonyl (C=O) groups excluding carboxylic acids is 1. The molecule has 0 saturated carbocycles. The van der Waals surface area contributed by atoms with Crippen LogP contribution in [0.25, 0.3) is 0 Å². The first kappa shape index (κ1) is 53.4. The van der Waals surface area contributed by atoms with Crippen molar-refractivity contribution in [2.24, 2.45) is 0 Å². The van der Waals surface area contributed by atoms with Gasteiger partial charge in [-0.1, -0.05) is 159 Å². The van der Waals surface area contributed by atoms with Crippen LogP contribution in [0.5, 0.6) is 0 Å². The van der Waals surface area contributed by atoms with Gasteiger partial charge in [0.15, 0.2) is 6.29 Å². The molecule has 0 aliphatic carbocycles. The molecule has 0 aromatic heterocycles. The molecule has 9 heteroatoms. The lowest BCUT2D eigenvalue weighted by Crippen LogP contribution is -2.59. The van der Waals surface area contributed by atoms with E-state index in [-0.39, 0.29) is 19.2 Å². The van der Waals surface area contributed by atoms with Gasteiger partial charge in [-0.25, -0.2) is 0 Å². The van der Waals surface area contributed by atoms with E-state index in [0.717, 1.165) is 51.4 Å². The van der Waals surface area contributed by atoms with E-state index in [0.29, 0.717) is 13.0 Å². The number of unbranched alkanes of at least 4 members (excludes halogenated alkanes) is 23. The minimum atomic E-state index is -1.54. The summed E-state index contributed by atoms with van der Waals surface area (Å²) in [5, 5.41) is 40.1.